The van der Waals surface area contributed by atoms with Gasteiger partial charge in [-0.1, -0.05) is 66.7 Å². The molecular weight excluding hydrogens is 438 g/mol. The molecular formula is C29H24N3O3+. The fourth-order valence-corrected chi connectivity index (χ4v) is 4.40. The van der Waals surface area contributed by atoms with Crippen molar-refractivity contribution in [2.75, 3.05) is 0 Å². The molecule has 0 unspecified atom stereocenters. The van der Waals surface area contributed by atoms with Gasteiger partial charge in [-0.2, -0.15) is 0 Å². The topological polar surface area (TPSA) is 113 Å². The van der Waals surface area contributed by atoms with Crippen LogP contribution in [-0.2, 0) is 6.61 Å². The molecule has 0 aromatic heterocycles. The van der Waals surface area contributed by atoms with Gasteiger partial charge in [-0.15, -0.1) is 0 Å². The van der Waals surface area contributed by atoms with E-state index in [1.165, 1.54) is 0 Å². The smallest absolute Gasteiger partial charge is 0.343 e. The number of aldehydes is 1. The van der Waals surface area contributed by atoms with Gasteiger partial charge in [0, 0.05) is 11.1 Å². The summed E-state index contributed by atoms with van der Waals surface area (Å²) in [7, 11) is 0. The zero-order valence-electron chi connectivity index (χ0n) is 18.9. The van der Waals surface area contributed by atoms with Crippen LogP contribution in [0.5, 0.6) is 11.5 Å². The van der Waals surface area contributed by atoms with Gasteiger partial charge in [0.05, 0.1) is 11.3 Å². The second-order valence-corrected chi connectivity index (χ2v) is 8.26. The number of carbonyl (C=O) groups is 1. The zero-order chi connectivity index (χ0) is 24.4. The molecule has 6 nitrogen and oxygen atoms in total. The Morgan fingerprint density at radius 1 is 0.829 bits per heavy atom. The molecule has 5 aromatic carbocycles. The van der Waals surface area contributed by atoms with Gasteiger partial charge in [-0.25, -0.2) is 4.99 Å². The molecule has 0 aliphatic rings. The van der Waals surface area contributed by atoms with Gasteiger partial charge in [0.25, 0.3) is 0 Å². The molecule has 0 heterocycles. The molecule has 0 amide bonds. The number of hydrogen-bond donors (Lipinski definition) is 4. The van der Waals surface area contributed by atoms with Crippen molar-refractivity contribution < 1.29 is 19.6 Å². The van der Waals surface area contributed by atoms with Crippen molar-refractivity contribution in [1.82, 2.24) is 0 Å². The van der Waals surface area contributed by atoms with E-state index in [-0.39, 0.29) is 23.9 Å². The van der Waals surface area contributed by atoms with Crippen LogP contribution in [0.25, 0.3) is 32.7 Å². The fourth-order valence-electron chi connectivity index (χ4n) is 4.40. The predicted octanol–water partition coefficient (Wildman–Crippen LogP) is 3.74. The highest BCUT2D eigenvalue weighted by Gasteiger charge is 2.20. The maximum atomic E-state index is 11.8. The summed E-state index contributed by atoms with van der Waals surface area (Å²) in [5, 5.41) is 14.8. The van der Waals surface area contributed by atoms with Gasteiger partial charge in [-0.05, 0) is 51.4 Å². The molecule has 0 aliphatic carbocycles. The molecule has 6 N–H and O–H groups in total. The van der Waals surface area contributed by atoms with E-state index in [9.17, 15) is 9.90 Å². The number of phenols is 1. The lowest BCUT2D eigenvalue weighted by molar-refractivity contribution is -0.356. The van der Waals surface area contributed by atoms with Crippen LogP contribution in [0.4, 0.5) is 5.69 Å². The molecule has 35 heavy (non-hydrogen) atoms. The van der Waals surface area contributed by atoms with Crippen LogP contribution in [0.2, 0.25) is 0 Å². The first-order chi connectivity index (χ1) is 17.0. The molecule has 6 heteroatoms. The van der Waals surface area contributed by atoms with Gasteiger partial charge in [0.15, 0.2) is 6.29 Å². The molecule has 0 radical (unpaired) electrons. The average Bonchev–Trinajstić information content (AvgIpc) is 2.87. The average molecular weight is 463 g/mol. The lowest BCUT2D eigenvalue weighted by Crippen LogP contribution is -2.72. The van der Waals surface area contributed by atoms with Crippen molar-refractivity contribution in [2.24, 2.45) is 11.5 Å². The second kappa shape index (κ2) is 9.19. The summed E-state index contributed by atoms with van der Waals surface area (Å²) < 4.78 is 6.33. The Hall–Kier alpha value is -4.84. The van der Waals surface area contributed by atoms with Crippen LogP contribution in [0.15, 0.2) is 91.0 Å². The molecule has 0 saturated carbocycles. The van der Waals surface area contributed by atoms with Gasteiger partial charge in [0.2, 0.25) is 0 Å². The number of guanidine groups is 1. The minimum absolute atomic E-state index is 0.0694. The Bertz CT molecular complexity index is 1600. The SMILES string of the molecule is NC(N)=[NH+]c1cccc(COc2ccc3ccccc3c2-c2c(O)c(C=O)cc3ccccc23)c1. The molecule has 5 rings (SSSR count). The number of phenolic OH excluding ortho intramolecular Hbond substituents is 1. The van der Waals surface area contributed by atoms with E-state index < -0.39 is 0 Å². The number of carbonyl (C=O) groups excluding carboxylic acids is 1. The highest BCUT2D eigenvalue weighted by Crippen LogP contribution is 2.46. The summed E-state index contributed by atoms with van der Waals surface area (Å²) in [6.45, 7) is 0.275. The minimum atomic E-state index is -0.0694. The predicted molar refractivity (Wildman–Crippen MR) is 139 cm³/mol. The Morgan fingerprint density at radius 2 is 1.54 bits per heavy atom. The Morgan fingerprint density at radius 3 is 2.29 bits per heavy atom. The van der Waals surface area contributed by atoms with Crippen LogP contribution >= 0.6 is 0 Å². The van der Waals surface area contributed by atoms with Gasteiger partial charge in [-0.3, -0.25) is 16.3 Å². The van der Waals surface area contributed by atoms with Crippen molar-refractivity contribution in [3.05, 3.63) is 102 Å². The molecule has 5 aromatic rings. The minimum Gasteiger partial charge on any atom is -0.507 e. The quantitative estimate of drug-likeness (QED) is 0.174. The third-order valence-corrected chi connectivity index (χ3v) is 5.93. The highest BCUT2D eigenvalue weighted by atomic mass is 16.5. The van der Waals surface area contributed by atoms with E-state index in [2.05, 4.69) is 4.99 Å². The van der Waals surface area contributed by atoms with Crippen molar-refractivity contribution >= 4 is 39.5 Å². The molecule has 172 valence electrons. The van der Waals surface area contributed by atoms with Crippen LogP contribution in [0, 0.1) is 0 Å². The van der Waals surface area contributed by atoms with Crippen LogP contribution in [0.1, 0.15) is 15.9 Å². The van der Waals surface area contributed by atoms with Gasteiger partial charge in [0.1, 0.15) is 18.1 Å². The van der Waals surface area contributed by atoms with E-state index >= 15 is 0 Å². The number of nitrogens with one attached hydrogen (secondary N) is 1. The third kappa shape index (κ3) is 4.25. The van der Waals surface area contributed by atoms with Crippen molar-refractivity contribution in [1.29, 1.82) is 0 Å². The third-order valence-electron chi connectivity index (χ3n) is 5.93. The Balaban J connectivity index is 1.69. The van der Waals surface area contributed by atoms with Crippen LogP contribution in [-0.4, -0.2) is 17.4 Å². The first-order valence-electron chi connectivity index (χ1n) is 11.1. The van der Waals surface area contributed by atoms with E-state index in [1.807, 2.05) is 84.9 Å². The zero-order valence-corrected chi connectivity index (χ0v) is 18.9. The number of nitrogens with two attached hydrogens (primary N) is 2. The van der Waals surface area contributed by atoms with Gasteiger partial charge >= 0.3 is 5.96 Å². The first kappa shape index (κ1) is 22.0. The van der Waals surface area contributed by atoms with Crippen LogP contribution in [0.3, 0.4) is 0 Å². The number of rotatable bonds is 6. The van der Waals surface area contributed by atoms with Gasteiger partial charge < -0.3 is 9.84 Å². The Labute approximate surface area is 202 Å². The van der Waals surface area contributed by atoms with Crippen LogP contribution < -0.4 is 21.2 Å². The number of hydrogen-bond acceptors (Lipinski definition) is 3. The molecule has 0 saturated heterocycles. The Kier molecular flexibility index (Phi) is 5.77. The van der Waals surface area contributed by atoms with E-state index in [1.54, 1.807) is 6.07 Å². The summed E-state index contributed by atoms with van der Waals surface area (Å²) in [5.41, 5.74) is 14.3. The lowest BCUT2D eigenvalue weighted by Gasteiger charge is -2.18. The van der Waals surface area contributed by atoms with Crippen molar-refractivity contribution in [2.45, 2.75) is 6.61 Å². The van der Waals surface area contributed by atoms with E-state index in [0.29, 0.717) is 17.6 Å². The number of ether oxygens (including phenoxy) is 1. The summed E-state index contributed by atoms with van der Waals surface area (Å²) in [4.78, 5) is 14.7. The molecule has 0 fully saturated rings. The highest BCUT2D eigenvalue weighted by molar-refractivity contribution is 6.12. The van der Waals surface area contributed by atoms with E-state index in [4.69, 9.17) is 16.2 Å². The summed E-state index contributed by atoms with van der Waals surface area (Å²) in [6, 6.07) is 28.8. The molecule has 0 aliphatic heterocycles. The summed E-state index contributed by atoms with van der Waals surface area (Å²) in [5.74, 6) is 0.632. The maximum absolute atomic E-state index is 11.8. The number of aromatic hydroxyl groups is 1. The lowest BCUT2D eigenvalue weighted by atomic mass is 9.90. The molecule has 0 spiro atoms. The van der Waals surface area contributed by atoms with E-state index in [0.717, 1.165) is 38.4 Å². The largest absolute Gasteiger partial charge is 0.507 e. The monoisotopic (exact) mass is 462 g/mol. The first-order valence-corrected chi connectivity index (χ1v) is 11.1. The summed E-state index contributed by atoms with van der Waals surface area (Å²) in [6.07, 6.45) is 0.676. The number of benzene rings is 5. The maximum Gasteiger partial charge on any atom is 0.343 e. The fraction of sp³-hybridized carbons (Fsp3) is 0.0345. The standard InChI is InChI=1S/C29H23N3O3/c30-29(31)32-22-9-5-6-18(14-22)17-35-25-13-12-19-7-1-3-10-23(19)26(25)27-24-11-4-2-8-20(24)15-21(16-33)28(27)34/h1-16,34H,17H2,(H4,30,31,32)/p+1. The molecule has 0 bridgehead atoms. The van der Waals surface area contributed by atoms with Crippen molar-refractivity contribution in [3.63, 3.8) is 0 Å². The van der Waals surface area contributed by atoms with Crippen molar-refractivity contribution in [3.8, 4) is 22.6 Å². The number of fused-ring (bicyclic) bond motifs is 2. The summed E-state index contributed by atoms with van der Waals surface area (Å²) >= 11 is 0. The molecule has 0 atom stereocenters. The normalized spacial score (nSPS) is 10.9. The second-order valence-electron chi connectivity index (χ2n) is 8.26.